The molecule has 0 fully saturated rings. The van der Waals surface area contributed by atoms with Crippen LogP contribution in [0.5, 0.6) is 0 Å². The second kappa shape index (κ2) is 7.01. The van der Waals surface area contributed by atoms with E-state index in [1.54, 1.807) is 0 Å². The normalized spacial score (nSPS) is 12.4. The number of benzene rings is 1. The number of nitrogens with two attached hydrogens (primary N) is 2. The molecular formula is C19H25N5. The van der Waals surface area contributed by atoms with Crippen molar-refractivity contribution in [3.8, 4) is 0 Å². The number of imidazole rings is 1. The number of hydrogen-bond donors (Lipinski definition) is 2. The smallest absolute Gasteiger partial charge is 0.152 e. The number of aryl methyl sites for hydroxylation is 1. The van der Waals surface area contributed by atoms with Crippen molar-refractivity contribution in [2.45, 2.75) is 39.7 Å². The van der Waals surface area contributed by atoms with Gasteiger partial charge in [0.2, 0.25) is 0 Å². The molecule has 1 aromatic carbocycles. The Bertz CT molecular complexity index is 892. The summed E-state index contributed by atoms with van der Waals surface area (Å²) in [5.41, 5.74) is 15.9. The first kappa shape index (κ1) is 16.5. The SMILES string of the molecule is CCCCc1nc2c(N)nc3ccccc3c2n1C/C(C)=C/CN. The van der Waals surface area contributed by atoms with Gasteiger partial charge in [0.15, 0.2) is 5.82 Å². The third kappa shape index (κ3) is 2.99. The fourth-order valence-corrected chi connectivity index (χ4v) is 3.12. The summed E-state index contributed by atoms with van der Waals surface area (Å²) in [6.45, 7) is 5.63. The molecule has 2 aromatic heterocycles. The van der Waals surface area contributed by atoms with E-state index in [-0.39, 0.29) is 0 Å². The van der Waals surface area contributed by atoms with E-state index >= 15 is 0 Å². The standard InChI is InChI=1S/C19H25N5/c1-3-4-9-16-23-17-18(24(16)12-13(2)10-11-20)14-7-5-6-8-15(14)22-19(17)21/h5-8,10H,3-4,9,11-12,20H2,1-2H3,(H2,21,22)/b13-10+. The number of unbranched alkanes of at least 4 members (excludes halogenated alkanes) is 1. The number of aromatic nitrogens is 3. The summed E-state index contributed by atoms with van der Waals surface area (Å²) in [6, 6.07) is 8.11. The van der Waals surface area contributed by atoms with Crippen molar-refractivity contribution in [3.05, 3.63) is 41.7 Å². The lowest BCUT2D eigenvalue weighted by Gasteiger charge is -2.11. The highest BCUT2D eigenvalue weighted by Gasteiger charge is 2.17. The number of para-hydroxylation sites is 1. The highest BCUT2D eigenvalue weighted by Crippen LogP contribution is 2.29. The van der Waals surface area contributed by atoms with Crippen LogP contribution in [-0.4, -0.2) is 21.1 Å². The van der Waals surface area contributed by atoms with Crippen LogP contribution in [-0.2, 0) is 13.0 Å². The Morgan fingerprint density at radius 1 is 1.25 bits per heavy atom. The van der Waals surface area contributed by atoms with Gasteiger partial charge in [-0.2, -0.15) is 0 Å². The van der Waals surface area contributed by atoms with Crippen LogP contribution in [0.1, 0.15) is 32.5 Å². The van der Waals surface area contributed by atoms with Gasteiger partial charge in [0.05, 0.1) is 11.0 Å². The monoisotopic (exact) mass is 323 g/mol. The van der Waals surface area contributed by atoms with E-state index < -0.39 is 0 Å². The maximum absolute atomic E-state index is 6.20. The van der Waals surface area contributed by atoms with E-state index in [0.717, 1.165) is 53.6 Å². The highest BCUT2D eigenvalue weighted by atomic mass is 15.1. The Morgan fingerprint density at radius 3 is 2.79 bits per heavy atom. The first-order valence-electron chi connectivity index (χ1n) is 8.54. The fourth-order valence-electron chi connectivity index (χ4n) is 3.12. The Kier molecular flexibility index (Phi) is 4.81. The van der Waals surface area contributed by atoms with E-state index in [4.69, 9.17) is 16.5 Å². The molecule has 0 unspecified atom stereocenters. The topological polar surface area (TPSA) is 82.8 Å². The van der Waals surface area contributed by atoms with Crippen molar-refractivity contribution in [1.29, 1.82) is 0 Å². The molecule has 5 heteroatoms. The minimum Gasteiger partial charge on any atom is -0.382 e. The summed E-state index contributed by atoms with van der Waals surface area (Å²) >= 11 is 0. The molecule has 0 bridgehead atoms. The third-order valence-electron chi connectivity index (χ3n) is 4.32. The molecule has 0 radical (unpaired) electrons. The summed E-state index contributed by atoms with van der Waals surface area (Å²) in [7, 11) is 0. The van der Waals surface area contributed by atoms with Gasteiger partial charge in [-0.25, -0.2) is 9.97 Å². The molecule has 3 aromatic rings. The van der Waals surface area contributed by atoms with Gasteiger partial charge in [-0.1, -0.05) is 43.2 Å². The molecule has 0 atom stereocenters. The van der Waals surface area contributed by atoms with Gasteiger partial charge in [-0.3, -0.25) is 0 Å². The van der Waals surface area contributed by atoms with Gasteiger partial charge >= 0.3 is 0 Å². The second-order valence-electron chi connectivity index (χ2n) is 6.22. The molecule has 3 rings (SSSR count). The Balaban J connectivity index is 2.28. The number of fused-ring (bicyclic) bond motifs is 3. The number of nitrogen functional groups attached to an aromatic ring is 1. The van der Waals surface area contributed by atoms with Crippen LogP contribution in [0.3, 0.4) is 0 Å². The van der Waals surface area contributed by atoms with E-state index in [0.29, 0.717) is 12.4 Å². The minimum atomic E-state index is 0.501. The Labute approximate surface area is 142 Å². The number of nitrogens with zero attached hydrogens (tertiary/aromatic N) is 3. The van der Waals surface area contributed by atoms with E-state index in [1.165, 1.54) is 5.57 Å². The molecule has 0 saturated carbocycles. The zero-order chi connectivity index (χ0) is 17.1. The van der Waals surface area contributed by atoms with Crippen LogP contribution in [0.2, 0.25) is 0 Å². The molecule has 0 aliphatic carbocycles. The quantitative estimate of drug-likeness (QED) is 0.681. The largest absolute Gasteiger partial charge is 0.382 e. The molecule has 0 amide bonds. The van der Waals surface area contributed by atoms with Crippen LogP contribution < -0.4 is 11.5 Å². The molecule has 126 valence electrons. The average Bonchev–Trinajstić information content (AvgIpc) is 2.92. The molecule has 5 nitrogen and oxygen atoms in total. The van der Waals surface area contributed by atoms with E-state index in [2.05, 4.69) is 35.5 Å². The summed E-state index contributed by atoms with van der Waals surface area (Å²) in [6.07, 6.45) is 5.24. The lowest BCUT2D eigenvalue weighted by atomic mass is 10.1. The zero-order valence-corrected chi connectivity index (χ0v) is 14.4. The van der Waals surface area contributed by atoms with Crippen LogP contribution in [0.15, 0.2) is 35.9 Å². The van der Waals surface area contributed by atoms with E-state index in [9.17, 15) is 0 Å². The first-order chi connectivity index (χ1) is 11.7. The van der Waals surface area contributed by atoms with E-state index in [1.807, 2.05) is 18.2 Å². The zero-order valence-electron chi connectivity index (χ0n) is 14.4. The summed E-state index contributed by atoms with van der Waals surface area (Å²) in [4.78, 5) is 9.35. The van der Waals surface area contributed by atoms with Gasteiger partial charge in [-0.15, -0.1) is 0 Å². The van der Waals surface area contributed by atoms with Gasteiger partial charge in [0, 0.05) is 24.9 Å². The van der Waals surface area contributed by atoms with Gasteiger partial charge in [0.25, 0.3) is 0 Å². The predicted octanol–water partition coefficient (Wildman–Crippen LogP) is 3.41. The van der Waals surface area contributed by atoms with Gasteiger partial charge < -0.3 is 16.0 Å². The Hall–Kier alpha value is -2.40. The van der Waals surface area contributed by atoms with Crippen molar-refractivity contribution < 1.29 is 0 Å². The lowest BCUT2D eigenvalue weighted by Crippen LogP contribution is -2.07. The molecule has 4 N–H and O–H groups in total. The maximum Gasteiger partial charge on any atom is 0.152 e. The fraction of sp³-hybridized carbons (Fsp3) is 0.368. The Morgan fingerprint density at radius 2 is 2.04 bits per heavy atom. The molecule has 0 spiro atoms. The van der Waals surface area contributed by atoms with Crippen LogP contribution >= 0.6 is 0 Å². The summed E-state index contributed by atoms with van der Waals surface area (Å²) in [5, 5.41) is 1.09. The highest BCUT2D eigenvalue weighted by molar-refractivity contribution is 6.06. The average molecular weight is 323 g/mol. The van der Waals surface area contributed by atoms with Gasteiger partial charge in [0.1, 0.15) is 11.3 Å². The third-order valence-corrected chi connectivity index (χ3v) is 4.32. The first-order valence-corrected chi connectivity index (χ1v) is 8.54. The molecule has 0 aliphatic rings. The molecule has 0 saturated heterocycles. The number of rotatable bonds is 6. The van der Waals surface area contributed by atoms with Crippen molar-refractivity contribution in [2.75, 3.05) is 12.3 Å². The summed E-state index contributed by atoms with van der Waals surface area (Å²) < 4.78 is 2.28. The van der Waals surface area contributed by atoms with Crippen LogP contribution in [0.4, 0.5) is 5.82 Å². The number of pyridine rings is 1. The van der Waals surface area contributed by atoms with Crippen molar-refractivity contribution >= 4 is 27.8 Å². The number of hydrogen-bond acceptors (Lipinski definition) is 4. The number of allylic oxidation sites excluding steroid dienone is 1. The maximum atomic E-state index is 6.20. The van der Waals surface area contributed by atoms with Crippen molar-refractivity contribution in [2.24, 2.45) is 5.73 Å². The molecular weight excluding hydrogens is 298 g/mol. The van der Waals surface area contributed by atoms with Crippen molar-refractivity contribution in [3.63, 3.8) is 0 Å². The predicted molar refractivity (Wildman–Crippen MR) is 101 cm³/mol. The summed E-state index contributed by atoms with van der Waals surface area (Å²) in [5.74, 6) is 1.57. The molecule has 24 heavy (non-hydrogen) atoms. The van der Waals surface area contributed by atoms with Crippen LogP contribution in [0.25, 0.3) is 21.9 Å². The molecule has 2 heterocycles. The lowest BCUT2D eigenvalue weighted by molar-refractivity contribution is 0.685. The number of anilines is 1. The van der Waals surface area contributed by atoms with Crippen molar-refractivity contribution in [1.82, 2.24) is 14.5 Å². The minimum absolute atomic E-state index is 0.501. The second-order valence-corrected chi connectivity index (χ2v) is 6.22. The van der Waals surface area contributed by atoms with Gasteiger partial charge in [-0.05, 0) is 19.4 Å². The molecule has 0 aliphatic heterocycles. The van der Waals surface area contributed by atoms with Crippen LogP contribution in [0, 0.1) is 0 Å².